The zero-order chi connectivity index (χ0) is 13.3. The summed E-state index contributed by atoms with van der Waals surface area (Å²) in [6, 6.07) is 1.38. The second kappa shape index (κ2) is 4.68. The monoisotopic (exact) mass is 262 g/mol. The Hall–Kier alpha value is -1.85. The Kier molecular flexibility index (Phi) is 3.00. The molecule has 0 atom stereocenters. The van der Waals surface area contributed by atoms with Gasteiger partial charge in [-0.1, -0.05) is 0 Å². The quantitative estimate of drug-likeness (QED) is 0.848. The summed E-state index contributed by atoms with van der Waals surface area (Å²) in [5.41, 5.74) is 0.403. The normalized spacial score (nSPS) is 19.6. The van der Waals surface area contributed by atoms with Gasteiger partial charge >= 0.3 is 6.03 Å². The van der Waals surface area contributed by atoms with Crippen LogP contribution in [0, 0.1) is 11.3 Å². The molecule has 1 heterocycles. The second-order valence-electron chi connectivity index (χ2n) is 5.39. The summed E-state index contributed by atoms with van der Waals surface area (Å²) in [6.07, 6.45) is 6.51. The van der Waals surface area contributed by atoms with Crippen molar-refractivity contribution < 1.29 is 9.53 Å². The van der Waals surface area contributed by atoms with E-state index < -0.39 is 0 Å². The fourth-order valence-electron chi connectivity index (χ4n) is 2.52. The van der Waals surface area contributed by atoms with Crippen molar-refractivity contribution >= 4 is 11.8 Å². The van der Waals surface area contributed by atoms with Crippen LogP contribution in [0.15, 0.2) is 12.4 Å². The van der Waals surface area contributed by atoms with Gasteiger partial charge in [0.1, 0.15) is 12.1 Å². The molecular formula is C13H18N4O2. The molecule has 0 spiro atoms. The van der Waals surface area contributed by atoms with Crippen molar-refractivity contribution in [2.45, 2.75) is 25.7 Å². The molecule has 2 aliphatic carbocycles. The fourth-order valence-corrected chi connectivity index (χ4v) is 2.52. The van der Waals surface area contributed by atoms with Crippen LogP contribution in [0.1, 0.15) is 25.7 Å². The molecule has 0 aliphatic heterocycles. The van der Waals surface area contributed by atoms with Gasteiger partial charge in [0, 0.05) is 12.6 Å². The lowest BCUT2D eigenvalue weighted by Gasteiger charge is -2.15. The molecule has 0 bridgehead atoms. The van der Waals surface area contributed by atoms with E-state index in [4.69, 9.17) is 4.74 Å². The number of rotatable bonds is 5. The first-order valence-electron chi connectivity index (χ1n) is 6.63. The number of carbonyl (C=O) groups is 1. The zero-order valence-electron chi connectivity index (χ0n) is 11.0. The molecule has 2 N–H and O–H groups in total. The van der Waals surface area contributed by atoms with E-state index in [1.807, 2.05) is 0 Å². The first-order valence-corrected chi connectivity index (χ1v) is 6.63. The largest absolute Gasteiger partial charge is 0.481 e. The molecule has 6 nitrogen and oxygen atoms in total. The minimum absolute atomic E-state index is 0.215. The fraction of sp³-hybridized carbons (Fsp3) is 0.615. The number of aromatic nitrogens is 2. The first kappa shape index (κ1) is 12.2. The molecular weight excluding hydrogens is 244 g/mol. The van der Waals surface area contributed by atoms with Crippen molar-refractivity contribution in [3.8, 4) is 5.88 Å². The van der Waals surface area contributed by atoms with Crippen LogP contribution in [-0.2, 0) is 0 Å². The summed E-state index contributed by atoms with van der Waals surface area (Å²) < 4.78 is 4.98. The van der Waals surface area contributed by atoms with Crippen molar-refractivity contribution in [2.75, 3.05) is 19.0 Å². The van der Waals surface area contributed by atoms with Crippen LogP contribution >= 0.6 is 0 Å². The molecule has 0 unspecified atom stereocenters. The van der Waals surface area contributed by atoms with Crippen LogP contribution in [0.2, 0.25) is 0 Å². The van der Waals surface area contributed by atoms with E-state index >= 15 is 0 Å². The SMILES string of the molecule is COc1cc(NC(=O)NCC2(C3CC3)CC2)ncn1. The Bertz CT molecular complexity index is 483. The first-order chi connectivity index (χ1) is 9.22. The molecule has 2 saturated carbocycles. The number of methoxy groups -OCH3 is 1. The number of carbonyl (C=O) groups excluding carboxylic acids is 1. The van der Waals surface area contributed by atoms with E-state index in [1.54, 1.807) is 6.07 Å². The van der Waals surface area contributed by atoms with Gasteiger partial charge in [-0.2, -0.15) is 0 Å². The highest BCUT2D eigenvalue weighted by Crippen LogP contribution is 2.60. The summed E-state index contributed by atoms with van der Waals surface area (Å²) >= 11 is 0. The van der Waals surface area contributed by atoms with Crippen LogP contribution in [0.25, 0.3) is 0 Å². The highest BCUT2D eigenvalue weighted by Gasteiger charge is 2.53. The highest BCUT2D eigenvalue weighted by atomic mass is 16.5. The molecule has 2 fully saturated rings. The summed E-state index contributed by atoms with van der Waals surface area (Å²) in [7, 11) is 1.53. The molecule has 3 rings (SSSR count). The van der Waals surface area contributed by atoms with E-state index in [-0.39, 0.29) is 6.03 Å². The van der Waals surface area contributed by atoms with Gasteiger partial charge in [-0.15, -0.1) is 0 Å². The molecule has 0 radical (unpaired) electrons. The van der Waals surface area contributed by atoms with Crippen LogP contribution in [-0.4, -0.2) is 29.7 Å². The summed E-state index contributed by atoms with van der Waals surface area (Å²) in [4.78, 5) is 19.7. The molecule has 102 valence electrons. The topological polar surface area (TPSA) is 76.1 Å². The number of urea groups is 1. The Labute approximate surface area is 112 Å². The van der Waals surface area contributed by atoms with Gasteiger partial charge in [-0.3, -0.25) is 5.32 Å². The van der Waals surface area contributed by atoms with Crippen LogP contribution in [0.4, 0.5) is 10.6 Å². The number of ether oxygens (including phenoxy) is 1. The molecule has 2 amide bonds. The van der Waals surface area contributed by atoms with Gasteiger partial charge in [0.25, 0.3) is 0 Å². The van der Waals surface area contributed by atoms with E-state index in [2.05, 4.69) is 20.6 Å². The predicted octanol–water partition coefficient (Wildman–Crippen LogP) is 1.80. The molecule has 0 saturated heterocycles. The number of hydrogen-bond acceptors (Lipinski definition) is 4. The lowest BCUT2D eigenvalue weighted by Crippen LogP contribution is -2.34. The molecule has 6 heteroatoms. The Balaban J connectivity index is 1.50. The minimum Gasteiger partial charge on any atom is -0.481 e. The number of hydrogen-bond donors (Lipinski definition) is 2. The molecule has 0 aromatic carbocycles. The average Bonchev–Trinajstić information content (AvgIpc) is 3.28. The minimum atomic E-state index is -0.215. The van der Waals surface area contributed by atoms with Crippen molar-refractivity contribution in [3.05, 3.63) is 12.4 Å². The van der Waals surface area contributed by atoms with Gasteiger partial charge < -0.3 is 10.1 Å². The van der Waals surface area contributed by atoms with Crippen LogP contribution in [0.5, 0.6) is 5.88 Å². The van der Waals surface area contributed by atoms with Crippen LogP contribution < -0.4 is 15.4 Å². The molecule has 1 aromatic heterocycles. The van der Waals surface area contributed by atoms with E-state index in [9.17, 15) is 4.79 Å². The third-order valence-electron chi connectivity index (χ3n) is 4.03. The standard InChI is InChI=1S/C13H18N4O2/c1-19-11-6-10(15-8-16-11)17-12(18)14-7-13(4-5-13)9-2-3-9/h6,8-9H,2-5,7H2,1H3,(H2,14,15,16,17,18). The summed E-state index contributed by atoms with van der Waals surface area (Å²) in [6.45, 7) is 0.770. The maximum atomic E-state index is 11.8. The Morgan fingerprint density at radius 1 is 1.47 bits per heavy atom. The lowest BCUT2D eigenvalue weighted by atomic mass is 10.0. The van der Waals surface area contributed by atoms with Crippen molar-refractivity contribution in [3.63, 3.8) is 0 Å². The number of nitrogens with one attached hydrogen (secondary N) is 2. The van der Waals surface area contributed by atoms with Gasteiger partial charge in [0.05, 0.1) is 7.11 Å². The molecule has 1 aromatic rings. The third kappa shape index (κ3) is 2.77. The Morgan fingerprint density at radius 3 is 2.89 bits per heavy atom. The molecule has 2 aliphatic rings. The van der Waals surface area contributed by atoms with Gasteiger partial charge in [0.2, 0.25) is 5.88 Å². The second-order valence-corrected chi connectivity index (χ2v) is 5.39. The Morgan fingerprint density at radius 2 is 2.26 bits per heavy atom. The van der Waals surface area contributed by atoms with Crippen molar-refractivity contribution in [1.29, 1.82) is 0 Å². The van der Waals surface area contributed by atoms with E-state index in [1.165, 1.54) is 39.1 Å². The highest BCUT2D eigenvalue weighted by molar-refractivity contribution is 5.88. The van der Waals surface area contributed by atoms with Crippen molar-refractivity contribution in [2.24, 2.45) is 11.3 Å². The van der Waals surface area contributed by atoms with Crippen molar-refractivity contribution in [1.82, 2.24) is 15.3 Å². The maximum Gasteiger partial charge on any atom is 0.320 e. The third-order valence-corrected chi connectivity index (χ3v) is 4.03. The predicted molar refractivity (Wildman–Crippen MR) is 70.0 cm³/mol. The van der Waals surface area contributed by atoms with Crippen LogP contribution in [0.3, 0.4) is 0 Å². The van der Waals surface area contributed by atoms with Gasteiger partial charge in [0.15, 0.2) is 0 Å². The summed E-state index contributed by atoms with van der Waals surface area (Å²) in [5.74, 6) is 1.72. The zero-order valence-corrected chi connectivity index (χ0v) is 11.0. The average molecular weight is 262 g/mol. The molecule has 19 heavy (non-hydrogen) atoms. The van der Waals surface area contributed by atoms with E-state index in [0.717, 1.165) is 12.5 Å². The van der Waals surface area contributed by atoms with Gasteiger partial charge in [-0.05, 0) is 37.0 Å². The maximum absolute atomic E-state index is 11.8. The van der Waals surface area contributed by atoms with Gasteiger partial charge in [-0.25, -0.2) is 14.8 Å². The number of anilines is 1. The van der Waals surface area contributed by atoms with E-state index in [0.29, 0.717) is 17.1 Å². The lowest BCUT2D eigenvalue weighted by molar-refractivity contribution is 0.248. The number of nitrogens with zero attached hydrogens (tertiary/aromatic N) is 2. The smallest absolute Gasteiger partial charge is 0.320 e. The summed E-state index contributed by atoms with van der Waals surface area (Å²) in [5, 5.41) is 5.64. The number of amides is 2.